The zero-order chi connectivity index (χ0) is 14.0. The Hall–Kier alpha value is -2.11. The van der Waals surface area contributed by atoms with Crippen LogP contribution in [0.15, 0.2) is 18.5 Å². The Morgan fingerprint density at radius 1 is 1.47 bits per heavy atom. The van der Waals surface area contributed by atoms with Crippen LogP contribution in [0.2, 0.25) is 0 Å². The number of rotatable bonds is 4. The molecule has 1 amide bonds. The van der Waals surface area contributed by atoms with E-state index in [-0.39, 0.29) is 11.9 Å². The number of carbonyl (C=O) groups is 1. The van der Waals surface area contributed by atoms with Gasteiger partial charge in [0, 0.05) is 12.7 Å². The smallest absolute Gasteiger partial charge is 0.249 e. The highest BCUT2D eigenvalue weighted by atomic mass is 16.2. The summed E-state index contributed by atoms with van der Waals surface area (Å²) in [6, 6.07) is 1.53. The van der Waals surface area contributed by atoms with E-state index >= 15 is 0 Å². The van der Waals surface area contributed by atoms with Gasteiger partial charge in [-0.25, -0.2) is 0 Å². The quantitative estimate of drug-likeness (QED) is 0.914. The van der Waals surface area contributed by atoms with E-state index in [1.165, 1.54) is 0 Å². The van der Waals surface area contributed by atoms with E-state index < -0.39 is 0 Å². The zero-order valence-corrected chi connectivity index (χ0v) is 11.7. The number of nitrogens with zero attached hydrogens (tertiary/aromatic N) is 4. The summed E-state index contributed by atoms with van der Waals surface area (Å²) in [6.07, 6.45) is 3.49. The Morgan fingerprint density at radius 3 is 2.74 bits per heavy atom. The van der Waals surface area contributed by atoms with Gasteiger partial charge in [-0.05, 0) is 33.8 Å². The predicted molar refractivity (Wildman–Crippen MR) is 72.9 cm³/mol. The number of carbonyl (C=O) groups excluding carboxylic acids is 1. The maximum absolute atomic E-state index is 12.2. The standard InChI is InChI=1S/C13H19N5O/c1-5-17-10(3)12(8-14-17)15-13(19)11(4)18-7-6-9(2)16-18/h6-8,11H,5H2,1-4H3,(H,15,19). The first-order valence-electron chi connectivity index (χ1n) is 6.38. The third-order valence-electron chi connectivity index (χ3n) is 3.18. The molecular formula is C13H19N5O. The van der Waals surface area contributed by atoms with Crippen LogP contribution >= 0.6 is 0 Å². The van der Waals surface area contributed by atoms with E-state index in [2.05, 4.69) is 15.5 Å². The molecule has 1 N–H and O–H groups in total. The highest BCUT2D eigenvalue weighted by molar-refractivity contribution is 5.93. The molecule has 2 heterocycles. The molecule has 6 heteroatoms. The zero-order valence-electron chi connectivity index (χ0n) is 11.7. The lowest BCUT2D eigenvalue weighted by Gasteiger charge is -2.12. The van der Waals surface area contributed by atoms with Crippen molar-refractivity contribution in [2.45, 2.75) is 40.3 Å². The van der Waals surface area contributed by atoms with Crippen molar-refractivity contribution < 1.29 is 4.79 Å². The van der Waals surface area contributed by atoms with Gasteiger partial charge < -0.3 is 5.32 Å². The van der Waals surface area contributed by atoms with Gasteiger partial charge in [-0.1, -0.05) is 0 Å². The maximum Gasteiger partial charge on any atom is 0.249 e. The molecule has 2 rings (SSSR count). The summed E-state index contributed by atoms with van der Waals surface area (Å²) in [4.78, 5) is 12.2. The predicted octanol–water partition coefficient (Wildman–Crippen LogP) is 1.92. The summed E-state index contributed by atoms with van der Waals surface area (Å²) in [5.74, 6) is -0.0955. The number of anilines is 1. The second kappa shape index (κ2) is 5.26. The molecule has 0 aliphatic heterocycles. The highest BCUT2D eigenvalue weighted by Crippen LogP contribution is 2.16. The molecule has 0 aliphatic carbocycles. The monoisotopic (exact) mass is 261 g/mol. The van der Waals surface area contributed by atoms with Gasteiger partial charge in [0.25, 0.3) is 0 Å². The van der Waals surface area contributed by atoms with Crippen LogP contribution in [0, 0.1) is 13.8 Å². The van der Waals surface area contributed by atoms with Crippen LogP contribution in [0.3, 0.4) is 0 Å². The fraction of sp³-hybridized carbons (Fsp3) is 0.462. The van der Waals surface area contributed by atoms with Crippen molar-refractivity contribution in [2.75, 3.05) is 5.32 Å². The molecule has 0 spiro atoms. The molecule has 0 aliphatic rings. The van der Waals surface area contributed by atoms with E-state index in [0.717, 1.165) is 23.6 Å². The minimum atomic E-state index is -0.349. The van der Waals surface area contributed by atoms with Crippen LogP contribution in [-0.2, 0) is 11.3 Å². The molecule has 0 saturated heterocycles. The van der Waals surface area contributed by atoms with Crippen LogP contribution in [-0.4, -0.2) is 25.5 Å². The summed E-state index contributed by atoms with van der Waals surface area (Å²) in [5, 5.41) is 11.3. The number of amides is 1. The van der Waals surface area contributed by atoms with Crippen molar-refractivity contribution in [1.82, 2.24) is 19.6 Å². The van der Waals surface area contributed by atoms with E-state index in [0.29, 0.717) is 0 Å². The van der Waals surface area contributed by atoms with Crippen LogP contribution < -0.4 is 5.32 Å². The molecule has 6 nitrogen and oxygen atoms in total. The van der Waals surface area contributed by atoms with Crippen molar-refractivity contribution >= 4 is 11.6 Å². The van der Waals surface area contributed by atoms with Gasteiger partial charge in [0.1, 0.15) is 6.04 Å². The van der Waals surface area contributed by atoms with E-state index in [1.807, 2.05) is 44.6 Å². The number of nitrogens with one attached hydrogen (secondary N) is 1. The van der Waals surface area contributed by atoms with Gasteiger partial charge in [0.15, 0.2) is 0 Å². The van der Waals surface area contributed by atoms with Crippen molar-refractivity contribution in [3.8, 4) is 0 Å². The Labute approximate surface area is 112 Å². The van der Waals surface area contributed by atoms with E-state index in [1.54, 1.807) is 10.9 Å². The first kappa shape index (κ1) is 13.3. The second-order valence-electron chi connectivity index (χ2n) is 4.56. The van der Waals surface area contributed by atoms with Crippen LogP contribution in [0.4, 0.5) is 5.69 Å². The van der Waals surface area contributed by atoms with Gasteiger partial charge in [-0.2, -0.15) is 10.2 Å². The number of hydrogen-bond acceptors (Lipinski definition) is 3. The minimum Gasteiger partial charge on any atom is -0.321 e. The Balaban J connectivity index is 2.10. The number of aromatic nitrogens is 4. The number of aryl methyl sites for hydroxylation is 2. The van der Waals surface area contributed by atoms with Crippen LogP contribution in [0.25, 0.3) is 0 Å². The third-order valence-corrected chi connectivity index (χ3v) is 3.18. The molecule has 102 valence electrons. The van der Waals surface area contributed by atoms with Crippen molar-refractivity contribution in [3.63, 3.8) is 0 Å². The fourth-order valence-corrected chi connectivity index (χ4v) is 1.89. The molecule has 1 unspecified atom stereocenters. The highest BCUT2D eigenvalue weighted by Gasteiger charge is 2.17. The molecule has 0 radical (unpaired) electrons. The molecule has 1 atom stereocenters. The Morgan fingerprint density at radius 2 is 2.21 bits per heavy atom. The Bertz CT molecular complexity index is 584. The van der Waals surface area contributed by atoms with Gasteiger partial charge in [-0.15, -0.1) is 0 Å². The fourth-order valence-electron chi connectivity index (χ4n) is 1.89. The average molecular weight is 261 g/mol. The SMILES string of the molecule is CCn1ncc(NC(=O)C(C)n2ccc(C)n2)c1C. The number of hydrogen-bond donors (Lipinski definition) is 1. The third kappa shape index (κ3) is 2.67. The lowest BCUT2D eigenvalue weighted by Crippen LogP contribution is -2.24. The van der Waals surface area contributed by atoms with E-state index in [4.69, 9.17) is 0 Å². The normalized spacial score (nSPS) is 12.4. The molecule has 0 saturated carbocycles. The average Bonchev–Trinajstić information content (AvgIpc) is 2.96. The maximum atomic E-state index is 12.2. The molecule has 0 aromatic carbocycles. The van der Waals surface area contributed by atoms with Crippen LogP contribution in [0.5, 0.6) is 0 Å². The minimum absolute atomic E-state index is 0.0955. The first-order chi connectivity index (χ1) is 9.02. The Kier molecular flexibility index (Phi) is 3.69. The summed E-state index contributed by atoms with van der Waals surface area (Å²) < 4.78 is 3.50. The second-order valence-corrected chi connectivity index (χ2v) is 4.56. The summed E-state index contributed by atoms with van der Waals surface area (Å²) in [6.45, 7) is 8.46. The molecule has 0 bridgehead atoms. The molecule has 2 aromatic heterocycles. The lowest BCUT2D eigenvalue weighted by molar-refractivity contribution is -0.119. The van der Waals surface area contributed by atoms with Gasteiger partial charge in [0.05, 0.1) is 23.3 Å². The first-order valence-corrected chi connectivity index (χ1v) is 6.38. The molecule has 19 heavy (non-hydrogen) atoms. The summed E-state index contributed by atoms with van der Waals surface area (Å²) >= 11 is 0. The molecular weight excluding hydrogens is 242 g/mol. The van der Waals surface area contributed by atoms with Gasteiger partial charge >= 0.3 is 0 Å². The van der Waals surface area contributed by atoms with Crippen molar-refractivity contribution in [3.05, 3.63) is 29.8 Å². The molecule has 0 fully saturated rings. The lowest BCUT2D eigenvalue weighted by atomic mass is 10.3. The van der Waals surface area contributed by atoms with Crippen LogP contribution in [0.1, 0.15) is 31.3 Å². The van der Waals surface area contributed by atoms with Gasteiger partial charge in [0.2, 0.25) is 5.91 Å². The topological polar surface area (TPSA) is 64.7 Å². The van der Waals surface area contributed by atoms with E-state index in [9.17, 15) is 4.79 Å². The largest absolute Gasteiger partial charge is 0.321 e. The summed E-state index contributed by atoms with van der Waals surface area (Å²) in [7, 11) is 0. The summed E-state index contributed by atoms with van der Waals surface area (Å²) in [5.41, 5.74) is 2.61. The van der Waals surface area contributed by atoms with Crippen molar-refractivity contribution in [1.29, 1.82) is 0 Å². The molecule has 2 aromatic rings. The van der Waals surface area contributed by atoms with Crippen molar-refractivity contribution in [2.24, 2.45) is 0 Å². The van der Waals surface area contributed by atoms with Gasteiger partial charge in [-0.3, -0.25) is 14.2 Å².